The highest BCUT2D eigenvalue weighted by atomic mass is 16.5. The molecular weight excluding hydrogens is 266 g/mol. The van der Waals surface area contributed by atoms with Gasteiger partial charge in [-0.2, -0.15) is 0 Å². The van der Waals surface area contributed by atoms with Gasteiger partial charge in [0, 0.05) is 39.3 Å². The van der Waals surface area contributed by atoms with Crippen LogP contribution in [0.3, 0.4) is 0 Å². The van der Waals surface area contributed by atoms with E-state index in [2.05, 4.69) is 24.1 Å². The predicted octanol–water partition coefficient (Wildman–Crippen LogP) is 0.944. The fourth-order valence-corrected chi connectivity index (χ4v) is 3.54. The van der Waals surface area contributed by atoms with Gasteiger partial charge in [0.15, 0.2) is 0 Å². The van der Waals surface area contributed by atoms with Gasteiger partial charge in [-0.3, -0.25) is 4.79 Å². The number of amides is 1. The molecule has 3 atom stereocenters. The molecule has 21 heavy (non-hydrogen) atoms. The SMILES string of the molecule is CCN1CC[C@H](N(C)C(=O)CNC[C@H]2CCCO2)[C@H](C)C1. The van der Waals surface area contributed by atoms with Gasteiger partial charge in [0.1, 0.15) is 0 Å². The molecule has 1 amide bonds. The van der Waals surface area contributed by atoms with E-state index in [-0.39, 0.29) is 5.91 Å². The van der Waals surface area contributed by atoms with E-state index in [9.17, 15) is 4.79 Å². The third-order valence-electron chi connectivity index (χ3n) is 4.95. The monoisotopic (exact) mass is 297 g/mol. The molecule has 2 aliphatic rings. The molecule has 1 N–H and O–H groups in total. The van der Waals surface area contributed by atoms with Gasteiger partial charge < -0.3 is 19.9 Å². The van der Waals surface area contributed by atoms with Gasteiger partial charge in [0.05, 0.1) is 12.6 Å². The second-order valence-corrected chi connectivity index (χ2v) is 6.50. The van der Waals surface area contributed by atoms with E-state index in [0.717, 1.165) is 52.0 Å². The number of rotatable bonds is 6. The summed E-state index contributed by atoms with van der Waals surface area (Å²) in [6.07, 6.45) is 3.65. The summed E-state index contributed by atoms with van der Waals surface area (Å²) >= 11 is 0. The van der Waals surface area contributed by atoms with Crippen molar-refractivity contribution in [3.8, 4) is 0 Å². The largest absolute Gasteiger partial charge is 0.377 e. The Hall–Kier alpha value is -0.650. The minimum atomic E-state index is 0.204. The maximum absolute atomic E-state index is 12.3. The number of ether oxygens (including phenoxy) is 1. The number of nitrogens with one attached hydrogen (secondary N) is 1. The lowest BCUT2D eigenvalue weighted by molar-refractivity contribution is -0.133. The number of likely N-dealkylation sites (tertiary alicyclic amines) is 1. The second kappa shape index (κ2) is 8.11. The average molecular weight is 297 g/mol. The summed E-state index contributed by atoms with van der Waals surface area (Å²) in [5.41, 5.74) is 0. The van der Waals surface area contributed by atoms with Crippen LogP contribution in [-0.4, -0.2) is 74.2 Å². The minimum absolute atomic E-state index is 0.204. The van der Waals surface area contributed by atoms with Crippen LogP contribution in [0.5, 0.6) is 0 Å². The molecular formula is C16H31N3O2. The van der Waals surface area contributed by atoms with E-state index in [4.69, 9.17) is 4.74 Å². The zero-order chi connectivity index (χ0) is 15.2. The molecule has 0 aromatic rings. The molecule has 0 saturated carbocycles. The van der Waals surface area contributed by atoms with Crippen molar-refractivity contribution < 1.29 is 9.53 Å². The standard InChI is InChI=1S/C16H31N3O2/c1-4-19-8-7-15(13(2)12-19)18(3)16(20)11-17-10-14-6-5-9-21-14/h13-15,17H,4-12H2,1-3H3/t13-,14-,15+/m1/s1. The van der Waals surface area contributed by atoms with Crippen LogP contribution in [0.1, 0.15) is 33.1 Å². The van der Waals surface area contributed by atoms with Crippen molar-refractivity contribution in [3.05, 3.63) is 0 Å². The maximum Gasteiger partial charge on any atom is 0.236 e. The minimum Gasteiger partial charge on any atom is -0.377 e. The Labute approximate surface area is 129 Å². The summed E-state index contributed by atoms with van der Waals surface area (Å²) < 4.78 is 5.56. The molecule has 5 heteroatoms. The van der Waals surface area contributed by atoms with Crippen LogP contribution >= 0.6 is 0 Å². The number of carbonyl (C=O) groups is 1. The molecule has 2 aliphatic heterocycles. The fraction of sp³-hybridized carbons (Fsp3) is 0.938. The zero-order valence-corrected chi connectivity index (χ0v) is 13.8. The van der Waals surface area contributed by atoms with Gasteiger partial charge in [0.25, 0.3) is 0 Å². The molecule has 0 spiro atoms. The molecule has 122 valence electrons. The summed E-state index contributed by atoms with van der Waals surface area (Å²) in [4.78, 5) is 16.7. The lowest BCUT2D eigenvalue weighted by atomic mass is 9.92. The van der Waals surface area contributed by atoms with Crippen LogP contribution in [0.2, 0.25) is 0 Å². The summed E-state index contributed by atoms with van der Waals surface area (Å²) in [6, 6.07) is 0.379. The summed E-state index contributed by atoms with van der Waals surface area (Å²) in [5, 5.41) is 3.26. The van der Waals surface area contributed by atoms with Crippen molar-refractivity contribution in [1.82, 2.24) is 15.1 Å². The van der Waals surface area contributed by atoms with Crippen LogP contribution in [0.4, 0.5) is 0 Å². The zero-order valence-electron chi connectivity index (χ0n) is 13.8. The number of carbonyl (C=O) groups excluding carboxylic acids is 1. The Morgan fingerprint density at radius 1 is 1.43 bits per heavy atom. The van der Waals surface area contributed by atoms with Crippen LogP contribution in [-0.2, 0) is 9.53 Å². The Kier molecular flexibility index (Phi) is 6.45. The predicted molar refractivity (Wildman–Crippen MR) is 84.3 cm³/mol. The molecule has 0 aliphatic carbocycles. The quantitative estimate of drug-likeness (QED) is 0.793. The highest BCUT2D eigenvalue weighted by Gasteiger charge is 2.30. The summed E-state index contributed by atoms with van der Waals surface area (Å²) in [7, 11) is 1.96. The van der Waals surface area contributed by atoms with Crippen molar-refractivity contribution in [2.45, 2.75) is 45.3 Å². The fourth-order valence-electron chi connectivity index (χ4n) is 3.54. The molecule has 0 aromatic carbocycles. The van der Waals surface area contributed by atoms with E-state index in [1.165, 1.54) is 0 Å². The van der Waals surface area contributed by atoms with Crippen LogP contribution < -0.4 is 5.32 Å². The topological polar surface area (TPSA) is 44.8 Å². The number of nitrogens with zero attached hydrogens (tertiary/aromatic N) is 2. The highest BCUT2D eigenvalue weighted by molar-refractivity contribution is 5.78. The van der Waals surface area contributed by atoms with Crippen molar-refractivity contribution in [3.63, 3.8) is 0 Å². The van der Waals surface area contributed by atoms with Crippen molar-refractivity contribution in [2.75, 3.05) is 46.4 Å². The average Bonchev–Trinajstić information content (AvgIpc) is 2.99. The molecule has 2 heterocycles. The highest BCUT2D eigenvalue weighted by Crippen LogP contribution is 2.21. The number of piperidine rings is 1. The maximum atomic E-state index is 12.3. The van der Waals surface area contributed by atoms with Crippen molar-refractivity contribution in [2.24, 2.45) is 5.92 Å². The normalized spacial score (nSPS) is 30.5. The van der Waals surface area contributed by atoms with Crippen LogP contribution in [0.15, 0.2) is 0 Å². The third kappa shape index (κ3) is 4.66. The van der Waals surface area contributed by atoms with Crippen molar-refractivity contribution >= 4 is 5.91 Å². The third-order valence-corrected chi connectivity index (χ3v) is 4.95. The number of hydrogen-bond acceptors (Lipinski definition) is 4. The first-order valence-corrected chi connectivity index (χ1v) is 8.42. The molecule has 0 unspecified atom stereocenters. The van der Waals surface area contributed by atoms with E-state index in [1.54, 1.807) is 0 Å². The first-order chi connectivity index (χ1) is 10.1. The molecule has 0 radical (unpaired) electrons. The van der Waals surface area contributed by atoms with Gasteiger partial charge in [-0.15, -0.1) is 0 Å². The first kappa shape index (κ1) is 16.7. The lowest BCUT2D eigenvalue weighted by Crippen LogP contribution is -2.52. The Bertz CT molecular complexity index is 331. The Morgan fingerprint density at radius 3 is 2.86 bits per heavy atom. The van der Waals surface area contributed by atoms with Crippen molar-refractivity contribution in [1.29, 1.82) is 0 Å². The smallest absolute Gasteiger partial charge is 0.236 e. The lowest BCUT2D eigenvalue weighted by Gasteiger charge is -2.41. The number of likely N-dealkylation sites (N-methyl/N-ethyl adjacent to an activating group) is 1. The molecule has 2 saturated heterocycles. The van der Waals surface area contributed by atoms with Gasteiger partial charge in [0.2, 0.25) is 5.91 Å². The van der Waals surface area contributed by atoms with Gasteiger partial charge in [-0.25, -0.2) is 0 Å². The molecule has 0 bridgehead atoms. The van der Waals surface area contributed by atoms with Crippen LogP contribution in [0.25, 0.3) is 0 Å². The van der Waals surface area contributed by atoms with Gasteiger partial charge >= 0.3 is 0 Å². The van der Waals surface area contributed by atoms with Crippen LogP contribution in [0, 0.1) is 5.92 Å². The molecule has 2 fully saturated rings. The molecule has 2 rings (SSSR count). The van der Waals surface area contributed by atoms with Gasteiger partial charge in [-0.05, 0) is 31.7 Å². The summed E-state index contributed by atoms with van der Waals surface area (Å²) in [6.45, 7) is 9.87. The summed E-state index contributed by atoms with van der Waals surface area (Å²) in [5.74, 6) is 0.751. The Morgan fingerprint density at radius 2 is 2.24 bits per heavy atom. The van der Waals surface area contributed by atoms with Gasteiger partial charge in [-0.1, -0.05) is 13.8 Å². The van der Waals surface area contributed by atoms with E-state index in [0.29, 0.717) is 24.6 Å². The van der Waals surface area contributed by atoms with E-state index >= 15 is 0 Å². The van der Waals surface area contributed by atoms with E-state index in [1.807, 2.05) is 11.9 Å². The first-order valence-electron chi connectivity index (χ1n) is 8.42. The second-order valence-electron chi connectivity index (χ2n) is 6.50. The molecule has 5 nitrogen and oxygen atoms in total. The molecule has 0 aromatic heterocycles. The number of hydrogen-bond donors (Lipinski definition) is 1. The van der Waals surface area contributed by atoms with E-state index < -0.39 is 0 Å². The Balaban J connectivity index is 1.71.